The summed E-state index contributed by atoms with van der Waals surface area (Å²) in [5, 5.41) is 15.8. The largest absolute Gasteiger partial charge is 0.381 e. The molecule has 108 valence electrons. The van der Waals surface area contributed by atoms with Crippen LogP contribution in [0.1, 0.15) is 18.5 Å². The Labute approximate surface area is 119 Å². The maximum Gasteiger partial charge on any atom is 0.134 e. The van der Waals surface area contributed by atoms with Gasteiger partial charge in [-0.15, -0.1) is 0 Å². The minimum absolute atomic E-state index is 0.222. The van der Waals surface area contributed by atoms with Crippen LogP contribution in [0.4, 0.5) is 0 Å². The van der Waals surface area contributed by atoms with Crippen molar-refractivity contribution in [1.29, 1.82) is 0 Å². The summed E-state index contributed by atoms with van der Waals surface area (Å²) in [6, 6.07) is 0. The number of halogens is 1. The van der Waals surface area contributed by atoms with Crippen molar-refractivity contribution in [3.05, 3.63) is 16.9 Å². The fourth-order valence-electron chi connectivity index (χ4n) is 2.42. The average Bonchev–Trinajstić information content (AvgIpc) is 3.12. The minimum Gasteiger partial charge on any atom is -0.381 e. The van der Waals surface area contributed by atoms with Crippen LogP contribution in [0.25, 0.3) is 0 Å². The molecule has 1 fully saturated rings. The van der Waals surface area contributed by atoms with E-state index in [-0.39, 0.29) is 12.5 Å². The third kappa shape index (κ3) is 3.11. The highest BCUT2D eigenvalue weighted by atomic mass is 35.5. The molecule has 19 heavy (non-hydrogen) atoms. The topological polar surface area (TPSA) is 50.5 Å². The molecular formula is C13H22ClN3O2. The van der Waals surface area contributed by atoms with E-state index in [0.29, 0.717) is 17.3 Å². The number of nitrogens with zero attached hydrogens (tertiary/aromatic N) is 3. The standard InChI is InChI=1S/C13H22ClN3O2/c1-16(2)6-7-17-12(11(14)8-15-17)13(18,9-19-3)10-4-5-10/h8,10,18H,4-7,9H2,1-3H3. The van der Waals surface area contributed by atoms with Crippen molar-refractivity contribution in [2.45, 2.75) is 25.0 Å². The second kappa shape index (κ2) is 5.79. The van der Waals surface area contributed by atoms with Crippen molar-refractivity contribution in [2.24, 2.45) is 5.92 Å². The van der Waals surface area contributed by atoms with Gasteiger partial charge < -0.3 is 14.7 Å². The van der Waals surface area contributed by atoms with E-state index in [1.807, 2.05) is 14.1 Å². The zero-order valence-electron chi connectivity index (χ0n) is 11.8. The molecule has 1 aliphatic carbocycles. The number of aliphatic hydroxyl groups is 1. The van der Waals surface area contributed by atoms with Gasteiger partial charge in [0, 0.05) is 13.7 Å². The Morgan fingerprint density at radius 3 is 2.79 bits per heavy atom. The zero-order chi connectivity index (χ0) is 14.0. The lowest BCUT2D eigenvalue weighted by Crippen LogP contribution is -2.37. The Morgan fingerprint density at radius 1 is 1.58 bits per heavy atom. The number of methoxy groups -OCH3 is 1. The summed E-state index contributed by atoms with van der Waals surface area (Å²) < 4.78 is 7.01. The van der Waals surface area contributed by atoms with Gasteiger partial charge in [-0.1, -0.05) is 11.6 Å². The summed E-state index contributed by atoms with van der Waals surface area (Å²) in [6.45, 7) is 1.80. The zero-order valence-corrected chi connectivity index (χ0v) is 12.5. The molecule has 0 amide bonds. The minimum atomic E-state index is -1.02. The molecule has 1 N–H and O–H groups in total. The fourth-order valence-corrected chi connectivity index (χ4v) is 2.72. The lowest BCUT2D eigenvalue weighted by molar-refractivity contribution is -0.0595. The molecular weight excluding hydrogens is 266 g/mol. The third-order valence-corrected chi connectivity index (χ3v) is 3.86. The number of likely N-dealkylation sites (N-methyl/N-ethyl adjacent to an activating group) is 1. The van der Waals surface area contributed by atoms with Crippen molar-refractivity contribution < 1.29 is 9.84 Å². The van der Waals surface area contributed by atoms with Crippen LogP contribution in [0.3, 0.4) is 0 Å². The third-order valence-electron chi connectivity index (χ3n) is 3.58. The molecule has 6 heteroatoms. The molecule has 1 aliphatic rings. The first kappa shape index (κ1) is 14.8. The molecule has 0 aromatic carbocycles. The van der Waals surface area contributed by atoms with Crippen molar-refractivity contribution in [3.8, 4) is 0 Å². The molecule has 1 saturated carbocycles. The Kier molecular flexibility index (Phi) is 4.50. The molecule has 0 saturated heterocycles. The van der Waals surface area contributed by atoms with Crippen LogP contribution >= 0.6 is 11.6 Å². The normalized spacial score (nSPS) is 18.8. The lowest BCUT2D eigenvalue weighted by Gasteiger charge is -2.29. The monoisotopic (exact) mass is 287 g/mol. The van der Waals surface area contributed by atoms with Gasteiger partial charge in [-0.3, -0.25) is 4.68 Å². The molecule has 1 aromatic rings. The van der Waals surface area contributed by atoms with Crippen LogP contribution in [-0.2, 0) is 16.9 Å². The summed E-state index contributed by atoms with van der Waals surface area (Å²) in [4.78, 5) is 2.08. The van der Waals surface area contributed by atoms with Gasteiger partial charge >= 0.3 is 0 Å². The Balaban J connectivity index is 2.28. The number of hydrogen-bond donors (Lipinski definition) is 1. The van der Waals surface area contributed by atoms with Crippen molar-refractivity contribution in [2.75, 3.05) is 34.4 Å². The van der Waals surface area contributed by atoms with Crippen molar-refractivity contribution >= 4 is 11.6 Å². The second-order valence-corrected chi connectivity index (χ2v) is 5.91. The number of hydrogen-bond acceptors (Lipinski definition) is 4. The summed E-state index contributed by atoms with van der Waals surface area (Å²) in [5.41, 5.74) is -0.324. The van der Waals surface area contributed by atoms with Crippen LogP contribution in [0.15, 0.2) is 6.20 Å². The van der Waals surface area contributed by atoms with E-state index in [1.165, 1.54) is 0 Å². The van der Waals surface area contributed by atoms with E-state index in [1.54, 1.807) is 18.0 Å². The summed E-state index contributed by atoms with van der Waals surface area (Å²) in [5.74, 6) is 0.222. The van der Waals surface area contributed by atoms with Crippen LogP contribution in [0.2, 0.25) is 5.02 Å². The molecule has 1 unspecified atom stereocenters. The Bertz CT molecular complexity index is 432. The van der Waals surface area contributed by atoms with Gasteiger partial charge in [0.1, 0.15) is 5.60 Å². The smallest absolute Gasteiger partial charge is 0.134 e. The van der Waals surface area contributed by atoms with Gasteiger partial charge in [0.25, 0.3) is 0 Å². The Morgan fingerprint density at radius 2 is 2.26 bits per heavy atom. The summed E-state index contributed by atoms with van der Waals surface area (Å²) in [6.07, 6.45) is 3.62. The van der Waals surface area contributed by atoms with Gasteiger partial charge in [-0.05, 0) is 32.9 Å². The molecule has 0 bridgehead atoms. The van der Waals surface area contributed by atoms with E-state index in [0.717, 1.165) is 19.4 Å². The lowest BCUT2D eigenvalue weighted by atomic mass is 9.94. The molecule has 0 radical (unpaired) electrons. The first-order valence-corrected chi connectivity index (χ1v) is 6.94. The second-order valence-electron chi connectivity index (χ2n) is 5.50. The van der Waals surface area contributed by atoms with E-state index >= 15 is 0 Å². The maximum absolute atomic E-state index is 11.0. The van der Waals surface area contributed by atoms with Crippen LogP contribution in [-0.4, -0.2) is 54.1 Å². The van der Waals surface area contributed by atoms with E-state index in [9.17, 15) is 5.11 Å². The van der Waals surface area contributed by atoms with E-state index in [4.69, 9.17) is 16.3 Å². The molecule has 2 rings (SSSR count). The number of ether oxygens (including phenoxy) is 1. The van der Waals surface area contributed by atoms with Gasteiger partial charge in [-0.2, -0.15) is 5.10 Å². The highest BCUT2D eigenvalue weighted by Crippen LogP contribution is 2.47. The van der Waals surface area contributed by atoms with Gasteiger partial charge in [0.05, 0.1) is 30.1 Å². The number of aromatic nitrogens is 2. The molecule has 1 heterocycles. The van der Waals surface area contributed by atoms with Crippen molar-refractivity contribution in [3.63, 3.8) is 0 Å². The average molecular weight is 288 g/mol. The highest BCUT2D eigenvalue weighted by Gasteiger charge is 2.48. The predicted molar refractivity (Wildman–Crippen MR) is 74.3 cm³/mol. The summed E-state index contributed by atoms with van der Waals surface area (Å²) >= 11 is 6.24. The first-order valence-electron chi connectivity index (χ1n) is 6.57. The molecule has 1 atom stereocenters. The van der Waals surface area contributed by atoms with Crippen LogP contribution in [0, 0.1) is 5.92 Å². The van der Waals surface area contributed by atoms with Crippen LogP contribution < -0.4 is 0 Å². The SMILES string of the molecule is COCC(O)(c1c(Cl)cnn1CCN(C)C)C1CC1. The van der Waals surface area contributed by atoms with Gasteiger partial charge in [0.15, 0.2) is 0 Å². The molecule has 1 aromatic heterocycles. The van der Waals surface area contributed by atoms with Gasteiger partial charge in [0.2, 0.25) is 0 Å². The molecule has 0 spiro atoms. The first-order chi connectivity index (χ1) is 8.99. The predicted octanol–water partition coefficient (Wildman–Crippen LogP) is 1.34. The highest BCUT2D eigenvalue weighted by molar-refractivity contribution is 6.31. The van der Waals surface area contributed by atoms with Gasteiger partial charge in [-0.25, -0.2) is 0 Å². The van der Waals surface area contributed by atoms with E-state index < -0.39 is 5.60 Å². The summed E-state index contributed by atoms with van der Waals surface area (Å²) in [7, 11) is 5.61. The van der Waals surface area contributed by atoms with Crippen molar-refractivity contribution in [1.82, 2.24) is 14.7 Å². The molecule has 0 aliphatic heterocycles. The van der Waals surface area contributed by atoms with Crippen LogP contribution in [0.5, 0.6) is 0 Å². The fraction of sp³-hybridized carbons (Fsp3) is 0.769. The molecule has 5 nitrogen and oxygen atoms in total. The van der Waals surface area contributed by atoms with E-state index in [2.05, 4.69) is 10.00 Å². The maximum atomic E-state index is 11.0. The Hall–Kier alpha value is -0.620. The quantitative estimate of drug-likeness (QED) is 0.822. The number of rotatable bonds is 7.